The number of halogens is 1. The zero-order chi connectivity index (χ0) is 6.41. The molecule has 50 valence electrons. The summed E-state index contributed by atoms with van der Waals surface area (Å²) in [6, 6.07) is 0. The van der Waals surface area contributed by atoms with Crippen molar-refractivity contribution < 1.29 is 0 Å². The minimum atomic E-state index is -1.23. The first-order chi connectivity index (χ1) is 3.81. The van der Waals surface area contributed by atoms with Crippen LogP contribution in [-0.4, -0.2) is 21.5 Å². The summed E-state index contributed by atoms with van der Waals surface area (Å²) in [6.07, 6.45) is 0. The van der Waals surface area contributed by atoms with Gasteiger partial charge in [0.1, 0.15) is 0 Å². The molecule has 0 saturated carbocycles. The predicted octanol–water partition coefficient (Wildman–Crippen LogP) is 0.161. The second kappa shape index (κ2) is 5.56. The van der Waals surface area contributed by atoms with Gasteiger partial charge in [0, 0.05) is 0 Å². The van der Waals surface area contributed by atoms with Crippen molar-refractivity contribution in [2.24, 2.45) is 0 Å². The van der Waals surface area contributed by atoms with Gasteiger partial charge in [-0.1, -0.05) is 13.8 Å². The van der Waals surface area contributed by atoms with E-state index in [4.69, 9.17) is 11.1 Å². The van der Waals surface area contributed by atoms with Crippen LogP contribution in [0, 0.1) is 0 Å². The zero-order valence-corrected chi connectivity index (χ0v) is 7.28. The van der Waals surface area contributed by atoms with Gasteiger partial charge in [-0.2, -0.15) is 0 Å². The molecular weight excluding hydrogens is 140 g/mol. The van der Waals surface area contributed by atoms with Gasteiger partial charge in [-0.25, -0.2) is 0 Å². The molecule has 0 aliphatic rings. The van der Waals surface area contributed by atoms with E-state index in [9.17, 15) is 0 Å². The van der Waals surface area contributed by atoms with Crippen LogP contribution in [0.2, 0.25) is 0 Å². The Labute approximate surface area is 57.1 Å². The molecule has 0 amide bonds. The monoisotopic (exact) mass is 152 g/mol. The van der Waals surface area contributed by atoms with E-state index in [-0.39, 0.29) is 0 Å². The van der Waals surface area contributed by atoms with Crippen molar-refractivity contribution in [1.29, 1.82) is 0 Å². The number of nitrogens with one attached hydrogen (secondary N) is 2. The Kier molecular flexibility index (Phi) is 5.86. The fourth-order valence-corrected chi connectivity index (χ4v) is 2.22. The largest absolute Gasteiger partial charge is 0.316 e. The maximum atomic E-state index is 5.80. The van der Waals surface area contributed by atoms with Crippen LogP contribution in [0.5, 0.6) is 0 Å². The molecule has 4 heteroatoms. The second-order valence-corrected chi connectivity index (χ2v) is 4.33. The van der Waals surface area contributed by atoms with Gasteiger partial charge in [0.05, 0.1) is 0 Å². The molecule has 0 radical (unpaired) electrons. The Balaban J connectivity index is 2.92. The smallest absolute Gasteiger partial charge is 0.286 e. The lowest BCUT2D eigenvalue weighted by atomic mass is 10.8. The molecule has 8 heavy (non-hydrogen) atoms. The number of hydrogen-bond donors (Lipinski definition) is 2. The SMILES string of the molecule is CCN[SiH](Cl)NCC. The average Bonchev–Trinajstić information content (AvgIpc) is 1.68. The van der Waals surface area contributed by atoms with Gasteiger partial charge in [0.25, 0.3) is 8.43 Å². The van der Waals surface area contributed by atoms with E-state index in [1.165, 1.54) is 0 Å². The molecule has 0 aromatic rings. The van der Waals surface area contributed by atoms with Gasteiger partial charge in [0.2, 0.25) is 0 Å². The molecule has 0 aromatic heterocycles. The third kappa shape index (κ3) is 4.58. The minimum absolute atomic E-state index is 0.966. The summed E-state index contributed by atoms with van der Waals surface area (Å²) in [5, 5.41) is 0. The van der Waals surface area contributed by atoms with E-state index in [0.29, 0.717) is 0 Å². The quantitative estimate of drug-likeness (QED) is 0.443. The molecule has 0 atom stereocenters. The fraction of sp³-hybridized carbons (Fsp3) is 1.00. The summed E-state index contributed by atoms with van der Waals surface area (Å²) in [7, 11) is -1.23. The molecule has 0 saturated heterocycles. The summed E-state index contributed by atoms with van der Waals surface area (Å²) in [5.41, 5.74) is 0. The van der Waals surface area contributed by atoms with E-state index < -0.39 is 8.43 Å². The van der Waals surface area contributed by atoms with Gasteiger partial charge >= 0.3 is 0 Å². The first-order valence-corrected chi connectivity index (χ1v) is 5.82. The zero-order valence-electron chi connectivity index (χ0n) is 5.37. The summed E-state index contributed by atoms with van der Waals surface area (Å²) >= 11 is 5.80. The molecular formula is C4H13ClN2Si. The highest BCUT2D eigenvalue weighted by Gasteiger charge is 1.99. The van der Waals surface area contributed by atoms with Crippen molar-refractivity contribution in [2.75, 3.05) is 13.1 Å². The van der Waals surface area contributed by atoms with E-state index in [1.54, 1.807) is 0 Å². The molecule has 0 fully saturated rings. The third-order valence-electron chi connectivity index (χ3n) is 0.767. The Morgan fingerprint density at radius 1 is 1.25 bits per heavy atom. The maximum absolute atomic E-state index is 5.80. The molecule has 2 nitrogen and oxygen atoms in total. The maximum Gasteiger partial charge on any atom is 0.286 e. The van der Waals surface area contributed by atoms with Gasteiger partial charge in [0.15, 0.2) is 0 Å². The van der Waals surface area contributed by atoms with E-state index in [2.05, 4.69) is 23.8 Å². The highest BCUT2D eigenvalue weighted by molar-refractivity contribution is 7.03. The Morgan fingerprint density at radius 3 is 1.88 bits per heavy atom. The van der Waals surface area contributed by atoms with Crippen LogP contribution in [0.3, 0.4) is 0 Å². The Morgan fingerprint density at radius 2 is 1.62 bits per heavy atom. The Bertz CT molecular complexity index is 47.3. The van der Waals surface area contributed by atoms with Gasteiger partial charge in [-0.15, -0.1) is 11.1 Å². The van der Waals surface area contributed by atoms with Crippen molar-refractivity contribution >= 4 is 19.5 Å². The molecule has 0 aromatic carbocycles. The van der Waals surface area contributed by atoms with Gasteiger partial charge in [-0.05, 0) is 13.1 Å². The molecule has 0 aliphatic heterocycles. The van der Waals surface area contributed by atoms with Crippen molar-refractivity contribution in [3.05, 3.63) is 0 Å². The van der Waals surface area contributed by atoms with E-state index >= 15 is 0 Å². The van der Waals surface area contributed by atoms with Crippen LogP contribution in [-0.2, 0) is 0 Å². The van der Waals surface area contributed by atoms with Gasteiger partial charge in [-0.3, -0.25) is 0 Å². The molecule has 2 N–H and O–H groups in total. The van der Waals surface area contributed by atoms with Crippen LogP contribution in [0.25, 0.3) is 0 Å². The molecule has 0 rings (SSSR count). The standard InChI is InChI=1S/C4H13ClN2Si/c1-3-6-8(5)7-4-2/h6-8H,3-4H2,1-2H3. The van der Waals surface area contributed by atoms with Crippen LogP contribution in [0.1, 0.15) is 13.8 Å². The lowest BCUT2D eigenvalue weighted by molar-refractivity contribution is 0.915. The first-order valence-electron chi connectivity index (χ1n) is 2.92. The lowest BCUT2D eigenvalue weighted by Crippen LogP contribution is -2.42. The highest BCUT2D eigenvalue weighted by atomic mass is 35.6. The summed E-state index contributed by atoms with van der Waals surface area (Å²) in [4.78, 5) is 6.28. The van der Waals surface area contributed by atoms with Crippen molar-refractivity contribution in [3.63, 3.8) is 0 Å². The second-order valence-electron chi connectivity index (χ2n) is 1.48. The predicted molar refractivity (Wildman–Crippen MR) is 40.4 cm³/mol. The third-order valence-corrected chi connectivity index (χ3v) is 3.23. The van der Waals surface area contributed by atoms with Crippen LogP contribution < -0.4 is 9.96 Å². The molecule has 0 unspecified atom stereocenters. The molecule has 0 spiro atoms. The number of hydrogen-bond acceptors (Lipinski definition) is 2. The Hall–Kier alpha value is 0.427. The normalized spacial score (nSPS) is 10.5. The van der Waals surface area contributed by atoms with E-state index in [1.807, 2.05) is 0 Å². The van der Waals surface area contributed by atoms with Gasteiger partial charge < -0.3 is 9.96 Å². The lowest BCUT2D eigenvalue weighted by Gasteiger charge is -2.06. The van der Waals surface area contributed by atoms with Crippen LogP contribution in [0.15, 0.2) is 0 Å². The van der Waals surface area contributed by atoms with Crippen molar-refractivity contribution in [1.82, 2.24) is 9.96 Å². The van der Waals surface area contributed by atoms with E-state index in [0.717, 1.165) is 13.1 Å². The molecule has 0 heterocycles. The van der Waals surface area contributed by atoms with Crippen molar-refractivity contribution in [3.8, 4) is 0 Å². The number of rotatable bonds is 4. The van der Waals surface area contributed by atoms with Crippen LogP contribution in [0.4, 0.5) is 0 Å². The summed E-state index contributed by atoms with van der Waals surface area (Å²) in [6.45, 7) is 6.04. The first kappa shape index (κ1) is 8.43. The highest BCUT2D eigenvalue weighted by Crippen LogP contribution is 1.75. The topological polar surface area (TPSA) is 24.1 Å². The van der Waals surface area contributed by atoms with Crippen LogP contribution >= 0.6 is 11.1 Å². The average molecular weight is 153 g/mol. The fourth-order valence-electron chi connectivity index (χ4n) is 0.431. The minimum Gasteiger partial charge on any atom is -0.316 e. The molecule has 0 aliphatic carbocycles. The summed E-state index contributed by atoms with van der Waals surface area (Å²) < 4.78 is 0. The van der Waals surface area contributed by atoms with Crippen molar-refractivity contribution in [2.45, 2.75) is 13.8 Å². The summed E-state index contributed by atoms with van der Waals surface area (Å²) in [5.74, 6) is 0. The molecule has 0 bridgehead atoms.